The van der Waals surface area contributed by atoms with Gasteiger partial charge in [-0.25, -0.2) is 0 Å². The lowest BCUT2D eigenvalue weighted by Gasteiger charge is -2.60. The van der Waals surface area contributed by atoms with Crippen LogP contribution < -0.4 is 33.2 Å². The molecule has 6 aromatic rings. The van der Waals surface area contributed by atoms with Crippen molar-refractivity contribution in [2.75, 3.05) is 55.1 Å². The van der Waals surface area contributed by atoms with Crippen molar-refractivity contribution >= 4 is 0 Å². The standard InChI is InChI=1S/C41H43N3O5.C27H31N3O5/c1-24-16-29-17-31-33(19-42)44-32(37(43(31)4)35(29)25(2)38(24)45-5)18-30-36(34(44)22-46-20-27-12-8-6-9-13-27)41-40(48-23-49-41)26(3)39(30)47-21-28-14-10-7-11-15-28;1-12-6-15-7-17-19(9-28)30-18(23(29(17)4)21(15)13(2)25(12)33-5)8-16-22(20(30)10-31)27-26(34-11-35-27)14(3)24(16)32/h6-16,31-34,37H,17-18,20-23H2,1-5H3;6,17-20,23,31-32H,7-8,10-11H2,1-5H3/t31?,32-,33-,34-,37-;17?,18-,19-,20-,23-/m00/s1. The minimum absolute atomic E-state index is 0.00795. The van der Waals surface area contributed by atoms with E-state index in [4.69, 9.17) is 37.9 Å². The molecule has 436 valence electrons. The highest BCUT2D eigenvalue weighted by Crippen LogP contribution is 2.60. The summed E-state index contributed by atoms with van der Waals surface area (Å²) in [6, 6.07) is 28.7. The predicted octanol–water partition coefficient (Wildman–Crippen LogP) is 9.73. The van der Waals surface area contributed by atoms with Crippen LogP contribution in [0, 0.1) is 64.2 Å². The normalized spacial score (nSPS) is 25.7. The molecule has 84 heavy (non-hydrogen) atoms. The van der Waals surface area contributed by atoms with Crippen molar-refractivity contribution in [1.82, 2.24) is 19.6 Å². The summed E-state index contributed by atoms with van der Waals surface area (Å²) in [4.78, 5) is 9.42. The van der Waals surface area contributed by atoms with E-state index >= 15 is 0 Å². The number of likely N-dealkylation sites (N-methyl/N-ethyl adjacent to an activating group) is 2. The number of aliphatic hydroxyl groups is 1. The second-order valence-electron chi connectivity index (χ2n) is 24.0. The van der Waals surface area contributed by atoms with Gasteiger partial charge in [0.1, 0.15) is 41.7 Å². The van der Waals surface area contributed by atoms with Gasteiger partial charge < -0.3 is 48.1 Å². The fourth-order valence-electron chi connectivity index (χ4n) is 16.5. The van der Waals surface area contributed by atoms with Gasteiger partial charge in [-0.15, -0.1) is 0 Å². The lowest BCUT2D eigenvalue weighted by Crippen LogP contribution is -2.68. The summed E-state index contributed by atoms with van der Waals surface area (Å²) >= 11 is 0. The van der Waals surface area contributed by atoms with Crippen LogP contribution in [0.5, 0.6) is 46.0 Å². The first kappa shape index (κ1) is 55.6. The van der Waals surface area contributed by atoms with Gasteiger partial charge in [0.25, 0.3) is 0 Å². The van der Waals surface area contributed by atoms with Crippen LogP contribution in [0.15, 0.2) is 72.8 Å². The van der Waals surface area contributed by atoms with E-state index in [1.807, 2.05) is 43.3 Å². The average molecular weight is 1140 g/mol. The topological polar surface area (TPSA) is 175 Å². The number of phenols is 1. The van der Waals surface area contributed by atoms with Crippen LogP contribution in [0.2, 0.25) is 0 Å². The zero-order valence-electron chi connectivity index (χ0n) is 49.6. The van der Waals surface area contributed by atoms with Crippen LogP contribution in [0.1, 0.15) is 113 Å². The minimum atomic E-state index is -0.483. The number of nitrogens with zero attached hydrogens (tertiary/aromatic N) is 6. The number of methoxy groups -OCH3 is 2. The number of aliphatic hydroxyl groups excluding tert-OH is 1. The van der Waals surface area contributed by atoms with Gasteiger partial charge in [0.15, 0.2) is 23.0 Å². The average Bonchev–Trinajstić information content (AvgIpc) is 2.71. The first-order chi connectivity index (χ1) is 40.7. The van der Waals surface area contributed by atoms with Gasteiger partial charge in [0, 0.05) is 57.5 Å². The third kappa shape index (κ3) is 8.50. The maximum atomic E-state index is 11.3. The van der Waals surface area contributed by atoms with E-state index in [0.29, 0.717) is 49.7 Å². The SMILES string of the molecule is COc1c(C)cc2c(c1C)[C@@H]1[C@@H]3Cc4c(O)c(C)c5c(c4[C@H](CO)N3[C@@H](C#N)C(C2)N1C)OCO5.COc1c(C)cc2c(c1C)[C@@H]1[C@@H]3Cc4c(OCc5ccccc5)c(C)c5c(c4[C@H](COCc4ccccc4)N3[C@@H](C#N)C(C2)N1C)OCO5. The van der Waals surface area contributed by atoms with E-state index in [-0.39, 0.29) is 74.3 Å². The number of hydrogen-bond donors (Lipinski definition) is 2. The molecule has 0 saturated carbocycles. The van der Waals surface area contributed by atoms with Crippen LogP contribution in [0.25, 0.3) is 0 Å². The third-order valence-electron chi connectivity index (χ3n) is 19.9. The second kappa shape index (κ2) is 21.8. The number of hydrogen-bond acceptors (Lipinski definition) is 16. The lowest BCUT2D eigenvalue weighted by molar-refractivity contribution is -0.0904. The largest absolute Gasteiger partial charge is 0.507 e. The molecular formula is C68H74N6O10. The Balaban J connectivity index is 0.000000166. The van der Waals surface area contributed by atoms with Crippen molar-refractivity contribution in [1.29, 1.82) is 10.5 Å². The molecule has 16 heteroatoms. The van der Waals surface area contributed by atoms with Crippen molar-refractivity contribution in [3.05, 3.63) is 162 Å². The van der Waals surface area contributed by atoms with Gasteiger partial charge in [-0.1, -0.05) is 72.8 Å². The van der Waals surface area contributed by atoms with E-state index in [9.17, 15) is 20.7 Å². The van der Waals surface area contributed by atoms with Gasteiger partial charge in [-0.2, -0.15) is 10.5 Å². The third-order valence-corrected chi connectivity index (χ3v) is 19.9. The number of phenolic OH excluding ortho intramolecular Hbond substituents is 1. The molecule has 16 nitrogen and oxygen atoms in total. The molecule has 8 heterocycles. The monoisotopic (exact) mass is 1130 g/mol. The molecule has 2 saturated heterocycles. The van der Waals surface area contributed by atoms with E-state index in [1.54, 1.807) is 14.2 Å². The van der Waals surface area contributed by atoms with Crippen molar-refractivity contribution in [2.24, 2.45) is 0 Å². The number of nitriles is 2. The van der Waals surface area contributed by atoms with Crippen molar-refractivity contribution in [3.8, 4) is 58.1 Å². The maximum Gasteiger partial charge on any atom is 0.231 e. The number of aromatic hydroxyl groups is 1. The van der Waals surface area contributed by atoms with Gasteiger partial charge in [-0.3, -0.25) is 19.6 Å². The van der Waals surface area contributed by atoms with Gasteiger partial charge in [-0.05, 0) is 137 Å². The molecule has 2 fully saturated rings. The molecule has 0 spiro atoms. The van der Waals surface area contributed by atoms with Crippen molar-refractivity contribution in [3.63, 3.8) is 0 Å². The fourth-order valence-corrected chi connectivity index (χ4v) is 16.5. The second-order valence-corrected chi connectivity index (χ2v) is 24.0. The zero-order chi connectivity index (χ0) is 58.6. The number of aryl methyl sites for hydroxylation is 2. The number of benzene rings is 6. The van der Waals surface area contributed by atoms with Crippen LogP contribution in [-0.2, 0) is 43.6 Å². The molecule has 0 aliphatic carbocycles. The van der Waals surface area contributed by atoms with E-state index in [0.717, 1.165) is 97.2 Å². The number of piperazine rings is 2. The molecule has 10 atom stereocenters. The lowest BCUT2D eigenvalue weighted by atomic mass is 9.71. The summed E-state index contributed by atoms with van der Waals surface area (Å²) in [5, 5.41) is 43.4. The highest BCUT2D eigenvalue weighted by Gasteiger charge is 2.58. The zero-order valence-corrected chi connectivity index (χ0v) is 49.6. The Kier molecular flexibility index (Phi) is 14.5. The number of rotatable bonds is 10. The molecule has 8 aliphatic heterocycles. The molecule has 14 rings (SSSR count). The van der Waals surface area contributed by atoms with Crippen LogP contribution in [0.3, 0.4) is 0 Å². The molecule has 8 aliphatic rings. The van der Waals surface area contributed by atoms with Gasteiger partial charge in [0.05, 0.1) is 70.3 Å². The Morgan fingerprint density at radius 2 is 1.01 bits per heavy atom. The molecule has 0 amide bonds. The van der Waals surface area contributed by atoms with E-state index in [2.05, 4.69) is 117 Å². The first-order valence-electron chi connectivity index (χ1n) is 29.3. The van der Waals surface area contributed by atoms with Crippen molar-refractivity contribution < 1.29 is 48.1 Å². The summed E-state index contributed by atoms with van der Waals surface area (Å²) in [6.45, 7) is 13.7. The molecule has 0 radical (unpaired) electrons. The summed E-state index contributed by atoms with van der Waals surface area (Å²) in [7, 11) is 7.76. The smallest absolute Gasteiger partial charge is 0.231 e. The molecule has 2 unspecified atom stereocenters. The molecular weight excluding hydrogens is 1060 g/mol. The highest BCUT2D eigenvalue weighted by molar-refractivity contribution is 5.68. The fraction of sp³-hybridized carbons (Fsp3) is 0.441. The summed E-state index contributed by atoms with van der Waals surface area (Å²) in [5.74, 6) is 5.44. The Hall–Kier alpha value is -7.54. The highest BCUT2D eigenvalue weighted by atomic mass is 16.7. The first-order valence-corrected chi connectivity index (χ1v) is 29.3. The van der Waals surface area contributed by atoms with Crippen LogP contribution in [-0.4, -0.2) is 121 Å². The van der Waals surface area contributed by atoms with E-state index in [1.165, 1.54) is 27.8 Å². The quantitative estimate of drug-likeness (QED) is 0.133. The maximum absolute atomic E-state index is 11.3. The Labute approximate surface area is 492 Å². The Morgan fingerprint density at radius 1 is 0.548 bits per heavy atom. The van der Waals surface area contributed by atoms with Crippen LogP contribution >= 0.6 is 0 Å². The molecule has 6 aromatic carbocycles. The number of fused-ring (bicyclic) bond motifs is 18. The summed E-state index contributed by atoms with van der Waals surface area (Å²) in [6.07, 6.45) is 2.75. The summed E-state index contributed by atoms with van der Waals surface area (Å²) < 4.78 is 49.1. The molecule has 4 bridgehead atoms. The van der Waals surface area contributed by atoms with Gasteiger partial charge in [0.2, 0.25) is 13.6 Å². The summed E-state index contributed by atoms with van der Waals surface area (Å²) in [5.41, 5.74) is 17.1. The Bertz CT molecular complexity index is 3680. The van der Waals surface area contributed by atoms with Crippen molar-refractivity contribution in [2.45, 2.75) is 141 Å². The molecule has 2 N–H and O–H groups in total. The predicted molar refractivity (Wildman–Crippen MR) is 314 cm³/mol. The van der Waals surface area contributed by atoms with Gasteiger partial charge >= 0.3 is 0 Å². The van der Waals surface area contributed by atoms with Crippen LogP contribution in [0.4, 0.5) is 0 Å². The Morgan fingerprint density at radius 3 is 1.51 bits per heavy atom. The molecule has 0 aromatic heterocycles. The minimum Gasteiger partial charge on any atom is -0.507 e. The number of ether oxygens (including phenoxy) is 8. The van der Waals surface area contributed by atoms with E-state index < -0.39 is 12.1 Å².